The van der Waals surface area contributed by atoms with Crippen molar-refractivity contribution in [2.45, 2.75) is 13.8 Å². The van der Waals surface area contributed by atoms with Crippen LogP contribution in [0.4, 0.5) is 17.2 Å². The molecule has 29 heavy (non-hydrogen) atoms. The number of carbonyl (C=O) groups is 2. The smallest absolute Gasteiger partial charge is 0.337 e. The Balaban J connectivity index is 1.72. The molecule has 0 spiro atoms. The third-order valence-corrected chi connectivity index (χ3v) is 4.34. The molecule has 0 atom stereocenters. The third kappa shape index (κ3) is 4.76. The molecule has 0 fully saturated rings. The van der Waals surface area contributed by atoms with Gasteiger partial charge in [-0.1, -0.05) is 12.1 Å². The van der Waals surface area contributed by atoms with E-state index in [0.29, 0.717) is 17.9 Å². The molecule has 3 rings (SSSR count). The number of ether oxygens (including phenoxy) is 1. The summed E-state index contributed by atoms with van der Waals surface area (Å²) in [6.45, 7) is 4.43. The van der Waals surface area contributed by atoms with Gasteiger partial charge in [-0.05, 0) is 67.9 Å². The van der Waals surface area contributed by atoms with Gasteiger partial charge < -0.3 is 15.0 Å². The molecule has 0 saturated carbocycles. The second-order valence-electron chi connectivity index (χ2n) is 6.39. The Morgan fingerprint density at radius 1 is 1.03 bits per heavy atom. The van der Waals surface area contributed by atoms with E-state index in [-0.39, 0.29) is 11.6 Å². The highest BCUT2D eigenvalue weighted by atomic mass is 16.5. The Morgan fingerprint density at radius 2 is 1.79 bits per heavy atom. The maximum absolute atomic E-state index is 12.8. The van der Waals surface area contributed by atoms with Crippen LogP contribution >= 0.6 is 0 Å². The minimum Gasteiger partial charge on any atom is -0.465 e. The maximum atomic E-state index is 12.8. The molecule has 0 bridgehead atoms. The van der Waals surface area contributed by atoms with Crippen molar-refractivity contribution in [2.75, 3.05) is 23.9 Å². The summed E-state index contributed by atoms with van der Waals surface area (Å²) in [5.74, 6) is -0.112. The molecule has 0 unspecified atom stereocenters. The van der Waals surface area contributed by atoms with Crippen molar-refractivity contribution < 1.29 is 14.3 Å². The summed E-state index contributed by atoms with van der Waals surface area (Å²) < 4.78 is 4.68. The number of hydrogen-bond donors (Lipinski definition) is 1. The first kappa shape index (κ1) is 20.0. The summed E-state index contributed by atoms with van der Waals surface area (Å²) in [4.78, 5) is 26.0. The van der Waals surface area contributed by atoms with Crippen LogP contribution in [0.2, 0.25) is 0 Å². The molecular weight excluding hydrogens is 368 g/mol. The zero-order valence-electron chi connectivity index (χ0n) is 16.5. The molecule has 2 aromatic carbocycles. The van der Waals surface area contributed by atoms with E-state index in [4.69, 9.17) is 0 Å². The standard InChI is InChI=1S/C22H22N4O3/c1-4-26(18-7-5-6-15(2)14-18)21(27)19-12-13-20(25-24-19)23-17-10-8-16(9-11-17)22(28)29-3/h5-14H,4H2,1-3H3,(H,23,25). The molecule has 3 aromatic rings. The predicted molar refractivity (Wildman–Crippen MR) is 112 cm³/mol. The van der Waals surface area contributed by atoms with E-state index >= 15 is 0 Å². The average Bonchev–Trinajstić information content (AvgIpc) is 2.75. The van der Waals surface area contributed by atoms with Gasteiger partial charge in [0, 0.05) is 17.9 Å². The molecule has 7 nitrogen and oxygen atoms in total. The number of carbonyl (C=O) groups excluding carboxylic acids is 2. The van der Waals surface area contributed by atoms with E-state index in [0.717, 1.165) is 16.9 Å². The van der Waals surface area contributed by atoms with Gasteiger partial charge in [-0.15, -0.1) is 10.2 Å². The fourth-order valence-electron chi connectivity index (χ4n) is 2.85. The molecule has 1 heterocycles. The lowest BCUT2D eigenvalue weighted by atomic mass is 10.2. The van der Waals surface area contributed by atoms with Gasteiger partial charge >= 0.3 is 5.97 Å². The van der Waals surface area contributed by atoms with E-state index < -0.39 is 5.97 Å². The monoisotopic (exact) mass is 390 g/mol. The van der Waals surface area contributed by atoms with Crippen molar-refractivity contribution in [3.63, 3.8) is 0 Å². The number of anilines is 3. The number of esters is 1. The number of aromatic nitrogens is 2. The Labute approximate surface area is 169 Å². The van der Waals surface area contributed by atoms with E-state index in [2.05, 4.69) is 20.3 Å². The quantitative estimate of drug-likeness (QED) is 0.641. The number of amides is 1. The van der Waals surface area contributed by atoms with Crippen LogP contribution in [0.3, 0.4) is 0 Å². The Kier molecular flexibility index (Phi) is 6.19. The number of benzene rings is 2. The number of methoxy groups -OCH3 is 1. The molecule has 0 radical (unpaired) electrons. The first-order valence-corrected chi connectivity index (χ1v) is 9.19. The van der Waals surface area contributed by atoms with Crippen molar-refractivity contribution in [3.8, 4) is 0 Å². The molecule has 0 saturated heterocycles. The van der Waals surface area contributed by atoms with Crippen LogP contribution in [0.1, 0.15) is 33.3 Å². The fraction of sp³-hybridized carbons (Fsp3) is 0.182. The number of aryl methyl sites for hydroxylation is 1. The number of rotatable bonds is 6. The summed E-state index contributed by atoms with van der Waals surface area (Å²) in [7, 11) is 1.34. The lowest BCUT2D eigenvalue weighted by molar-refractivity contribution is 0.0600. The minimum absolute atomic E-state index is 0.209. The van der Waals surface area contributed by atoms with E-state index in [1.54, 1.807) is 41.3 Å². The molecule has 1 N–H and O–H groups in total. The van der Waals surface area contributed by atoms with E-state index in [1.807, 2.05) is 38.1 Å². The molecule has 148 valence electrons. The van der Waals surface area contributed by atoms with Gasteiger partial charge in [0.15, 0.2) is 11.5 Å². The number of nitrogens with one attached hydrogen (secondary N) is 1. The highest BCUT2D eigenvalue weighted by Gasteiger charge is 2.18. The zero-order valence-corrected chi connectivity index (χ0v) is 16.5. The first-order chi connectivity index (χ1) is 14.0. The van der Waals surface area contributed by atoms with Crippen molar-refractivity contribution in [2.24, 2.45) is 0 Å². The highest BCUT2D eigenvalue weighted by molar-refractivity contribution is 6.04. The van der Waals surface area contributed by atoms with E-state index in [1.165, 1.54) is 7.11 Å². The second kappa shape index (κ2) is 8.97. The van der Waals surface area contributed by atoms with Crippen LogP contribution in [0, 0.1) is 6.92 Å². The van der Waals surface area contributed by atoms with Crippen LogP contribution < -0.4 is 10.2 Å². The van der Waals surface area contributed by atoms with Gasteiger partial charge in [-0.2, -0.15) is 0 Å². The van der Waals surface area contributed by atoms with Gasteiger partial charge in [-0.3, -0.25) is 4.79 Å². The van der Waals surface area contributed by atoms with Gasteiger partial charge in [0.1, 0.15) is 0 Å². The third-order valence-electron chi connectivity index (χ3n) is 4.34. The maximum Gasteiger partial charge on any atom is 0.337 e. The molecule has 0 aliphatic rings. The molecular formula is C22H22N4O3. The predicted octanol–water partition coefficient (Wildman–Crippen LogP) is 3.98. The molecule has 0 aliphatic carbocycles. The summed E-state index contributed by atoms with van der Waals surface area (Å²) in [5.41, 5.74) is 3.37. The summed E-state index contributed by atoms with van der Waals surface area (Å²) in [6, 6.07) is 17.9. The van der Waals surface area contributed by atoms with Crippen LogP contribution in [-0.2, 0) is 4.74 Å². The second-order valence-corrected chi connectivity index (χ2v) is 6.39. The topological polar surface area (TPSA) is 84.4 Å². The Morgan fingerprint density at radius 3 is 2.38 bits per heavy atom. The van der Waals surface area contributed by atoms with Crippen molar-refractivity contribution in [1.29, 1.82) is 0 Å². The summed E-state index contributed by atoms with van der Waals surface area (Å²) in [5, 5.41) is 11.3. The van der Waals surface area contributed by atoms with Gasteiger partial charge in [0.2, 0.25) is 0 Å². The van der Waals surface area contributed by atoms with Crippen molar-refractivity contribution >= 4 is 29.1 Å². The summed E-state index contributed by atoms with van der Waals surface area (Å²) >= 11 is 0. The normalized spacial score (nSPS) is 10.3. The first-order valence-electron chi connectivity index (χ1n) is 9.19. The van der Waals surface area contributed by atoms with Crippen LogP contribution in [0.5, 0.6) is 0 Å². The van der Waals surface area contributed by atoms with E-state index in [9.17, 15) is 9.59 Å². The summed E-state index contributed by atoms with van der Waals surface area (Å²) in [6.07, 6.45) is 0. The number of nitrogens with zero attached hydrogens (tertiary/aromatic N) is 3. The van der Waals surface area contributed by atoms with Gasteiger partial charge in [0.25, 0.3) is 5.91 Å². The molecule has 7 heteroatoms. The molecule has 0 aliphatic heterocycles. The van der Waals surface area contributed by atoms with Crippen molar-refractivity contribution in [3.05, 3.63) is 77.5 Å². The Bertz CT molecular complexity index is 1000. The zero-order chi connectivity index (χ0) is 20.8. The molecule has 1 amide bonds. The van der Waals surface area contributed by atoms with Crippen molar-refractivity contribution in [1.82, 2.24) is 10.2 Å². The number of hydrogen-bond acceptors (Lipinski definition) is 6. The van der Waals surface area contributed by atoms with Crippen LogP contribution in [0.15, 0.2) is 60.7 Å². The lowest BCUT2D eigenvalue weighted by Crippen LogP contribution is -2.31. The lowest BCUT2D eigenvalue weighted by Gasteiger charge is -2.20. The van der Waals surface area contributed by atoms with Crippen LogP contribution in [-0.4, -0.2) is 35.7 Å². The average molecular weight is 390 g/mol. The van der Waals surface area contributed by atoms with Gasteiger partial charge in [-0.25, -0.2) is 4.79 Å². The minimum atomic E-state index is -0.395. The fourth-order valence-corrected chi connectivity index (χ4v) is 2.85. The SMILES string of the molecule is CCN(C(=O)c1ccc(Nc2ccc(C(=O)OC)cc2)nn1)c1cccc(C)c1. The van der Waals surface area contributed by atoms with Gasteiger partial charge in [0.05, 0.1) is 12.7 Å². The Hall–Kier alpha value is -3.74. The molecule has 1 aromatic heterocycles. The highest BCUT2D eigenvalue weighted by Crippen LogP contribution is 2.19. The van der Waals surface area contributed by atoms with Crippen LogP contribution in [0.25, 0.3) is 0 Å². The largest absolute Gasteiger partial charge is 0.465 e.